The van der Waals surface area contributed by atoms with E-state index < -0.39 is 23.3 Å². The zero-order valence-corrected chi connectivity index (χ0v) is 10.8. The lowest BCUT2D eigenvalue weighted by Crippen LogP contribution is -2.12. The molecule has 0 fully saturated rings. The van der Waals surface area contributed by atoms with Gasteiger partial charge in [0.25, 0.3) is 11.7 Å². The van der Waals surface area contributed by atoms with E-state index in [0.29, 0.717) is 16.1 Å². The first kappa shape index (κ1) is 12.8. The minimum Gasteiger partial charge on any atom is -0.318 e. The molecule has 0 bridgehead atoms. The fourth-order valence-electron chi connectivity index (χ4n) is 1.87. The van der Waals surface area contributed by atoms with Gasteiger partial charge in [-0.25, -0.2) is 8.78 Å². The van der Waals surface area contributed by atoms with Crippen LogP contribution in [0.25, 0.3) is 0 Å². The van der Waals surface area contributed by atoms with E-state index in [9.17, 15) is 18.4 Å². The summed E-state index contributed by atoms with van der Waals surface area (Å²) in [6.45, 7) is 0. The number of Topliss-reactive ketones (excluding diaryl/α,β-unsaturated/α-hetero) is 1. The highest BCUT2D eigenvalue weighted by Crippen LogP contribution is 2.34. The number of benzene rings is 2. The predicted octanol–water partition coefficient (Wildman–Crippen LogP) is 3.25. The molecule has 0 aromatic heterocycles. The molecule has 1 aliphatic rings. The Morgan fingerprint density at radius 3 is 2.55 bits per heavy atom. The van der Waals surface area contributed by atoms with Gasteiger partial charge in [-0.2, -0.15) is 0 Å². The van der Waals surface area contributed by atoms with Crippen LogP contribution < -0.4 is 5.32 Å². The number of carbonyl (C=O) groups is 2. The van der Waals surface area contributed by atoms with Crippen LogP contribution >= 0.6 is 11.8 Å². The van der Waals surface area contributed by atoms with Crippen LogP contribution in [-0.4, -0.2) is 11.7 Å². The normalized spacial score (nSPS) is 13.3. The summed E-state index contributed by atoms with van der Waals surface area (Å²) < 4.78 is 26.4. The second-order valence-corrected chi connectivity index (χ2v) is 5.28. The van der Waals surface area contributed by atoms with Crippen molar-refractivity contribution in [3.05, 3.63) is 53.6 Å². The van der Waals surface area contributed by atoms with Gasteiger partial charge >= 0.3 is 0 Å². The molecule has 0 aliphatic carbocycles. The molecule has 0 unspecified atom stereocenters. The first-order valence-electron chi connectivity index (χ1n) is 5.67. The van der Waals surface area contributed by atoms with Crippen LogP contribution in [0, 0.1) is 11.6 Å². The summed E-state index contributed by atoms with van der Waals surface area (Å²) in [5, 5.41) is 2.44. The lowest BCUT2D eigenvalue weighted by atomic mass is 10.1. The van der Waals surface area contributed by atoms with Crippen LogP contribution in [0.5, 0.6) is 0 Å². The number of hydrogen-bond acceptors (Lipinski definition) is 3. The van der Waals surface area contributed by atoms with Gasteiger partial charge in [-0.15, -0.1) is 0 Å². The Balaban J connectivity index is 1.91. The molecule has 100 valence electrons. The van der Waals surface area contributed by atoms with Crippen molar-refractivity contribution < 1.29 is 18.4 Å². The maximum Gasteiger partial charge on any atom is 0.296 e. The van der Waals surface area contributed by atoms with Crippen LogP contribution in [0.15, 0.2) is 46.2 Å². The van der Waals surface area contributed by atoms with Crippen molar-refractivity contribution in [2.75, 3.05) is 5.32 Å². The van der Waals surface area contributed by atoms with Crippen molar-refractivity contribution in [1.82, 2.24) is 0 Å². The molecule has 1 heterocycles. The van der Waals surface area contributed by atoms with Crippen LogP contribution in [0.2, 0.25) is 0 Å². The highest BCUT2D eigenvalue weighted by atomic mass is 32.2. The Bertz CT molecular complexity index is 746. The zero-order chi connectivity index (χ0) is 14.3. The number of halogens is 2. The third-order valence-electron chi connectivity index (χ3n) is 2.81. The Hall–Kier alpha value is -2.21. The van der Waals surface area contributed by atoms with Crippen molar-refractivity contribution in [2.45, 2.75) is 9.79 Å². The summed E-state index contributed by atoms with van der Waals surface area (Å²) in [5.41, 5.74) is 0.714. The minimum absolute atomic E-state index is 0.266. The number of amides is 1. The van der Waals surface area contributed by atoms with Gasteiger partial charge in [0.15, 0.2) is 0 Å². The van der Waals surface area contributed by atoms with Crippen LogP contribution in [-0.2, 0) is 4.79 Å². The molecule has 1 amide bonds. The molecule has 0 saturated heterocycles. The molecule has 0 atom stereocenters. The number of carbonyl (C=O) groups excluding carboxylic acids is 2. The largest absolute Gasteiger partial charge is 0.318 e. The molecule has 1 N–H and O–H groups in total. The number of rotatable bonds is 2. The molecule has 3 nitrogen and oxygen atoms in total. The number of nitrogens with one attached hydrogen (secondary N) is 1. The van der Waals surface area contributed by atoms with E-state index in [-0.39, 0.29) is 4.90 Å². The number of anilines is 1. The van der Waals surface area contributed by atoms with E-state index in [0.717, 1.165) is 17.8 Å². The van der Waals surface area contributed by atoms with E-state index in [1.54, 1.807) is 12.1 Å². The highest BCUT2D eigenvalue weighted by molar-refractivity contribution is 7.99. The maximum atomic E-state index is 13.5. The fraction of sp³-hybridized carbons (Fsp3) is 0. The van der Waals surface area contributed by atoms with Crippen LogP contribution in [0.4, 0.5) is 14.5 Å². The van der Waals surface area contributed by atoms with Gasteiger partial charge in [0, 0.05) is 15.9 Å². The van der Waals surface area contributed by atoms with E-state index >= 15 is 0 Å². The molecular weight excluding hydrogens is 284 g/mol. The highest BCUT2D eigenvalue weighted by Gasteiger charge is 2.27. The molecule has 3 rings (SSSR count). The second-order valence-electron chi connectivity index (χ2n) is 4.17. The first-order valence-corrected chi connectivity index (χ1v) is 6.49. The Labute approximate surface area is 117 Å². The average Bonchev–Trinajstić information content (AvgIpc) is 2.68. The number of hydrogen-bond donors (Lipinski definition) is 1. The molecule has 1 aliphatic heterocycles. The summed E-state index contributed by atoms with van der Waals surface area (Å²) in [6.07, 6.45) is 0. The van der Waals surface area contributed by atoms with Crippen LogP contribution in [0.1, 0.15) is 10.4 Å². The van der Waals surface area contributed by atoms with Crippen molar-refractivity contribution in [3.63, 3.8) is 0 Å². The minimum atomic E-state index is -0.671. The van der Waals surface area contributed by atoms with Crippen molar-refractivity contribution in [3.8, 4) is 0 Å². The lowest BCUT2D eigenvalue weighted by molar-refractivity contribution is -0.112. The summed E-state index contributed by atoms with van der Waals surface area (Å²) in [7, 11) is 0. The maximum absolute atomic E-state index is 13.5. The summed E-state index contributed by atoms with van der Waals surface area (Å²) >= 11 is 1.09. The molecule has 2 aromatic carbocycles. The first-order chi connectivity index (χ1) is 9.54. The van der Waals surface area contributed by atoms with E-state index in [2.05, 4.69) is 5.32 Å². The topological polar surface area (TPSA) is 46.2 Å². The molecule has 0 spiro atoms. The smallest absolute Gasteiger partial charge is 0.296 e. The molecule has 20 heavy (non-hydrogen) atoms. The summed E-state index contributed by atoms with van der Waals surface area (Å²) in [5.74, 6) is -2.55. The van der Waals surface area contributed by atoms with Gasteiger partial charge in [-0.1, -0.05) is 11.8 Å². The monoisotopic (exact) mass is 291 g/mol. The van der Waals surface area contributed by atoms with Gasteiger partial charge in [0.2, 0.25) is 0 Å². The Kier molecular flexibility index (Phi) is 3.02. The number of ketones is 1. The lowest BCUT2D eigenvalue weighted by Gasteiger charge is -2.05. The molecule has 0 radical (unpaired) electrons. The van der Waals surface area contributed by atoms with E-state index in [1.165, 1.54) is 18.2 Å². The van der Waals surface area contributed by atoms with Gasteiger partial charge in [-0.3, -0.25) is 9.59 Å². The molecular formula is C14H7F2NO2S. The summed E-state index contributed by atoms with van der Waals surface area (Å²) in [4.78, 5) is 23.6. The van der Waals surface area contributed by atoms with Crippen molar-refractivity contribution in [2.24, 2.45) is 0 Å². The molecule has 2 aromatic rings. The van der Waals surface area contributed by atoms with E-state index in [4.69, 9.17) is 0 Å². The number of fused-ring (bicyclic) bond motifs is 1. The van der Waals surface area contributed by atoms with Gasteiger partial charge < -0.3 is 5.32 Å². The van der Waals surface area contributed by atoms with Gasteiger partial charge in [0.1, 0.15) is 11.6 Å². The third-order valence-corrected chi connectivity index (χ3v) is 3.85. The average molecular weight is 291 g/mol. The Morgan fingerprint density at radius 1 is 1.00 bits per heavy atom. The standard InChI is InChI=1S/C14H7F2NO2S/c15-7-1-4-12(10(16)5-7)20-8-2-3-9-11(6-8)17-14(19)13(9)18/h1-6H,(H,17,18,19). The fourth-order valence-corrected chi connectivity index (χ4v) is 2.73. The second kappa shape index (κ2) is 4.72. The van der Waals surface area contributed by atoms with E-state index in [1.807, 2.05) is 0 Å². The predicted molar refractivity (Wildman–Crippen MR) is 69.9 cm³/mol. The molecule has 6 heteroatoms. The van der Waals surface area contributed by atoms with Crippen molar-refractivity contribution >= 4 is 29.1 Å². The zero-order valence-electron chi connectivity index (χ0n) is 9.94. The quantitative estimate of drug-likeness (QED) is 0.864. The third kappa shape index (κ3) is 2.18. The van der Waals surface area contributed by atoms with Gasteiger partial charge in [-0.05, 0) is 30.3 Å². The summed E-state index contributed by atoms with van der Waals surface area (Å²) in [6, 6.07) is 8.03. The van der Waals surface area contributed by atoms with Crippen LogP contribution in [0.3, 0.4) is 0 Å². The Morgan fingerprint density at radius 2 is 1.80 bits per heavy atom. The SMILES string of the molecule is O=C1Nc2cc(Sc3ccc(F)cc3F)ccc2C1=O. The molecule has 0 saturated carbocycles. The van der Waals surface area contributed by atoms with Crippen molar-refractivity contribution in [1.29, 1.82) is 0 Å². The van der Waals surface area contributed by atoms with Gasteiger partial charge in [0.05, 0.1) is 11.3 Å².